The Hall–Kier alpha value is -1.80. The Morgan fingerprint density at radius 2 is 1.76 bits per heavy atom. The minimum Gasteiger partial charge on any atom is -0.397 e. The van der Waals surface area contributed by atoms with E-state index in [0.29, 0.717) is 11.4 Å². The van der Waals surface area contributed by atoms with Crippen LogP contribution in [0.1, 0.15) is 10.5 Å². The number of hydrogen-bond acceptors (Lipinski definition) is 6. The van der Waals surface area contributed by atoms with E-state index in [9.17, 15) is 4.79 Å². The van der Waals surface area contributed by atoms with E-state index >= 15 is 0 Å². The van der Waals surface area contributed by atoms with Crippen LogP contribution >= 0.6 is 37.2 Å². The number of halogens is 3. The zero-order valence-electron chi connectivity index (χ0n) is 13.3. The summed E-state index contributed by atoms with van der Waals surface area (Å²) in [7, 11) is 0. The second kappa shape index (κ2) is 10.9. The van der Waals surface area contributed by atoms with Gasteiger partial charge in [0.15, 0.2) is 0 Å². The van der Waals surface area contributed by atoms with Crippen LogP contribution in [0.3, 0.4) is 0 Å². The normalized spacial score (nSPS) is 12.9. The van der Waals surface area contributed by atoms with Gasteiger partial charge in [-0.05, 0) is 12.1 Å². The van der Waals surface area contributed by atoms with Crippen LogP contribution in [-0.2, 0) is 0 Å². The summed E-state index contributed by atoms with van der Waals surface area (Å²) < 4.78 is 0. The highest BCUT2D eigenvalue weighted by Gasteiger charge is 2.14. The second-order valence-electron chi connectivity index (χ2n) is 5.04. The Labute approximate surface area is 165 Å². The van der Waals surface area contributed by atoms with E-state index in [1.54, 1.807) is 18.3 Å². The molecule has 0 radical (unpaired) electrons. The van der Waals surface area contributed by atoms with Crippen molar-refractivity contribution in [1.29, 1.82) is 0 Å². The van der Waals surface area contributed by atoms with Crippen molar-refractivity contribution in [3.63, 3.8) is 0 Å². The zero-order chi connectivity index (χ0) is 15.4. The van der Waals surface area contributed by atoms with E-state index in [2.05, 4.69) is 25.5 Å². The maximum atomic E-state index is 12.2. The maximum Gasteiger partial charge on any atom is 0.275 e. The van der Waals surface area contributed by atoms with Crippen LogP contribution in [0.25, 0.3) is 0 Å². The number of nitrogens with one attached hydrogen (secondary N) is 2. The molecule has 1 aliphatic heterocycles. The van der Waals surface area contributed by atoms with Gasteiger partial charge in [0.05, 0.1) is 23.8 Å². The lowest BCUT2D eigenvalue weighted by atomic mass is 10.2. The number of hydrogen-bond donors (Lipinski definition) is 3. The first-order chi connectivity index (χ1) is 10.7. The summed E-state index contributed by atoms with van der Waals surface area (Å²) in [6.07, 6.45) is 3.13. The van der Waals surface area contributed by atoms with Gasteiger partial charge in [-0.15, -0.1) is 37.2 Å². The number of nitrogens with two attached hydrogens (primary N) is 1. The topological polar surface area (TPSA) is 96.2 Å². The molecule has 2 heterocycles. The van der Waals surface area contributed by atoms with Gasteiger partial charge in [-0.2, -0.15) is 0 Å². The van der Waals surface area contributed by atoms with Gasteiger partial charge < -0.3 is 21.3 Å². The van der Waals surface area contributed by atoms with Crippen LogP contribution in [0.5, 0.6) is 0 Å². The number of aromatic nitrogens is 2. The summed E-state index contributed by atoms with van der Waals surface area (Å²) in [5, 5.41) is 6.02. The molecule has 0 aliphatic carbocycles. The number of benzene rings is 1. The van der Waals surface area contributed by atoms with Crippen LogP contribution in [0.2, 0.25) is 0 Å². The molecule has 3 rings (SSSR count). The van der Waals surface area contributed by atoms with E-state index in [4.69, 9.17) is 5.73 Å². The van der Waals surface area contributed by atoms with Crippen molar-refractivity contribution in [1.82, 2.24) is 15.3 Å². The van der Waals surface area contributed by atoms with Crippen molar-refractivity contribution in [2.45, 2.75) is 0 Å². The Kier molecular flexibility index (Phi) is 10.2. The molecule has 0 saturated carbocycles. The van der Waals surface area contributed by atoms with Gasteiger partial charge in [0, 0.05) is 26.2 Å². The molecule has 7 nitrogen and oxygen atoms in total. The lowest BCUT2D eigenvalue weighted by Gasteiger charge is -2.27. The van der Waals surface area contributed by atoms with Gasteiger partial charge in [0.1, 0.15) is 11.5 Å². The minimum atomic E-state index is -0.322. The molecule has 1 aromatic heterocycles. The smallest absolute Gasteiger partial charge is 0.275 e. The van der Waals surface area contributed by atoms with Crippen molar-refractivity contribution in [3.8, 4) is 0 Å². The van der Waals surface area contributed by atoms with Crippen molar-refractivity contribution in [3.05, 3.63) is 42.4 Å². The highest BCUT2D eigenvalue weighted by molar-refractivity contribution is 6.04. The fraction of sp³-hybridized carbons (Fsp3) is 0.267. The quantitative estimate of drug-likeness (QED) is 0.673. The van der Waals surface area contributed by atoms with Crippen LogP contribution < -0.4 is 21.3 Å². The fourth-order valence-corrected chi connectivity index (χ4v) is 2.29. The Balaban J connectivity index is 0.00000192. The summed E-state index contributed by atoms with van der Waals surface area (Å²) >= 11 is 0. The van der Waals surface area contributed by atoms with Crippen molar-refractivity contribution in [2.75, 3.05) is 42.1 Å². The summed E-state index contributed by atoms with van der Waals surface area (Å²) in [6.45, 7) is 3.63. The average Bonchev–Trinajstić information content (AvgIpc) is 2.58. The summed E-state index contributed by atoms with van der Waals surface area (Å²) in [5.41, 5.74) is 7.16. The van der Waals surface area contributed by atoms with E-state index in [1.807, 2.05) is 12.1 Å². The van der Waals surface area contributed by atoms with Gasteiger partial charge in [-0.1, -0.05) is 12.1 Å². The molecule has 0 atom stereocenters. The molecule has 1 amide bonds. The maximum absolute atomic E-state index is 12.2. The number of nitrogen functional groups attached to an aromatic ring is 1. The first-order valence-corrected chi connectivity index (χ1v) is 7.17. The molecule has 1 saturated heterocycles. The monoisotopic (exact) mass is 406 g/mol. The summed E-state index contributed by atoms with van der Waals surface area (Å²) in [5.74, 6) is 0.467. The zero-order valence-corrected chi connectivity index (χ0v) is 15.8. The predicted octanol–water partition coefficient (Wildman–Crippen LogP) is 1.99. The first-order valence-electron chi connectivity index (χ1n) is 7.17. The number of piperazine rings is 1. The number of para-hydroxylation sites is 2. The predicted molar refractivity (Wildman–Crippen MR) is 108 cm³/mol. The van der Waals surface area contributed by atoms with Crippen LogP contribution in [-0.4, -0.2) is 42.1 Å². The first kappa shape index (κ1) is 23.2. The standard InChI is InChI=1S/C15H18N6O.3ClH/c16-11-3-1-2-4-12(11)20-15(22)13-9-19-14(10-18-13)21-7-5-17-6-8-21;;;/h1-4,9-10,17H,5-8,16H2,(H,20,22);3*1H. The lowest BCUT2D eigenvalue weighted by molar-refractivity contribution is 0.102. The Morgan fingerprint density at radius 3 is 2.36 bits per heavy atom. The summed E-state index contributed by atoms with van der Waals surface area (Å²) in [6, 6.07) is 7.10. The third-order valence-electron chi connectivity index (χ3n) is 3.52. The molecule has 25 heavy (non-hydrogen) atoms. The third-order valence-corrected chi connectivity index (χ3v) is 3.52. The van der Waals surface area contributed by atoms with Crippen LogP contribution in [0.4, 0.5) is 17.2 Å². The average molecular weight is 408 g/mol. The van der Waals surface area contributed by atoms with Gasteiger partial charge in [-0.25, -0.2) is 9.97 Å². The molecule has 0 unspecified atom stereocenters. The van der Waals surface area contributed by atoms with Crippen molar-refractivity contribution in [2.24, 2.45) is 0 Å². The van der Waals surface area contributed by atoms with E-state index in [-0.39, 0.29) is 48.8 Å². The highest BCUT2D eigenvalue weighted by Crippen LogP contribution is 2.17. The number of carbonyl (C=O) groups excluding carboxylic acids is 1. The second-order valence-corrected chi connectivity index (χ2v) is 5.04. The molecule has 10 heteroatoms. The Morgan fingerprint density at radius 1 is 1.08 bits per heavy atom. The number of amides is 1. The summed E-state index contributed by atoms with van der Waals surface area (Å²) in [4.78, 5) is 22.8. The lowest BCUT2D eigenvalue weighted by Crippen LogP contribution is -2.44. The number of carbonyl (C=O) groups is 1. The SMILES string of the molecule is Cl.Cl.Cl.Nc1ccccc1NC(=O)c1cnc(N2CCNCC2)cn1. The molecule has 138 valence electrons. The number of nitrogens with zero attached hydrogens (tertiary/aromatic N) is 3. The van der Waals surface area contributed by atoms with Gasteiger partial charge in [0.2, 0.25) is 0 Å². The van der Waals surface area contributed by atoms with E-state index in [0.717, 1.165) is 32.0 Å². The molecule has 1 aromatic carbocycles. The number of anilines is 3. The van der Waals surface area contributed by atoms with Crippen molar-refractivity contribution < 1.29 is 4.79 Å². The van der Waals surface area contributed by atoms with Gasteiger partial charge in [0.25, 0.3) is 5.91 Å². The molecule has 0 spiro atoms. The van der Waals surface area contributed by atoms with E-state index < -0.39 is 0 Å². The molecular formula is C15H21Cl3N6O. The Bertz CT molecular complexity index is 665. The van der Waals surface area contributed by atoms with Gasteiger partial charge >= 0.3 is 0 Å². The van der Waals surface area contributed by atoms with Gasteiger partial charge in [-0.3, -0.25) is 4.79 Å². The molecule has 1 fully saturated rings. The molecular weight excluding hydrogens is 387 g/mol. The molecule has 0 bridgehead atoms. The molecule has 4 N–H and O–H groups in total. The third kappa shape index (κ3) is 5.89. The number of rotatable bonds is 3. The fourth-order valence-electron chi connectivity index (χ4n) is 2.29. The van der Waals surface area contributed by atoms with Crippen molar-refractivity contribution >= 4 is 60.3 Å². The van der Waals surface area contributed by atoms with Crippen LogP contribution in [0, 0.1) is 0 Å². The molecule has 2 aromatic rings. The largest absolute Gasteiger partial charge is 0.397 e. The minimum absolute atomic E-state index is 0. The van der Waals surface area contributed by atoms with E-state index in [1.165, 1.54) is 6.20 Å². The highest BCUT2D eigenvalue weighted by atomic mass is 35.5. The van der Waals surface area contributed by atoms with Crippen LogP contribution in [0.15, 0.2) is 36.7 Å². The molecule has 1 aliphatic rings.